The number of nitro benzene ring substituents is 1. The number of rotatable bonds is 4. The van der Waals surface area contributed by atoms with Gasteiger partial charge in [0, 0.05) is 24.8 Å². The fourth-order valence-corrected chi connectivity index (χ4v) is 3.05. The summed E-state index contributed by atoms with van der Waals surface area (Å²) in [6, 6.07) is 3.45. The summed E-state index contributed by atoms with van der Waals surface area (Å²) < 4.78 is 29.5. The number of nitrogens with zero attached hydrogens (tertiary/aromatic N) is 2. The number of morpholine rings is 1. The highest BCUT2D eigenvalue weighted by Crippen LogP contribution is 2.26. The molecule has 0 aromatic heterocycles. The predicted octanol–water partition coefficient (Wildman–Crippen LogP) is -0.297. The Hall–Kier alpha value is -1.75. The van der Waals surface area contributed by atoms with Crippen LogP contribution in [-0.2, 0) is 14.8 Å². The zero-order valence-corrected chi connectivity index (χ0v) is 11.3. The van der Waals surface area contributed by atoms with Gasteiger partial charge in [-0.05, 0) is 12.1 Å². The van der Waals surface area contributed by atoms with Crippen LogP contribution in [0.2, 0.25) is 0 Å². The fourth-order valence-electron chi connectivity index (χ4n) is 1.78. The van der Waals surface area contributed by atoms with E-state index in [0.717, 1.165) is 12.1 Å². The quantitative estimate of drug-likeness (QED) is 0.444. The van der Waals surface area contributed by atoms with Gasteiger partial charge in [0.25, 0.3) is 15.7 Å². The molecule has 1 aliphatic heterocycles. The summed E-state index contributed by atoms with van der Waals surface area (Å²) in [6.07, 6.45) is 0. The summed E-state index contributed by atoms with van der Waals surface area (Å²) in [5.74, 6) is 0. The Morgan fingerprint density at radius 2 is 2.00 bits per heavy atom. The molecule has 20 heavy (non-hydrogen) atoms. The van der Waals surface area contributed by atoms with E-state index < -0.39 is 25.5 Å². The van der Waals surface area contributed by atoms with Crippen molar-refractivity contribution in [2.45, 2.75) is 4.90 Å². The molecule has 0 bridgehead atoms. The van der Waals surface area contributed by atoms with Gasteiger partial charge < -0.3 is 10.5 Å². The van der Waals surface area contributed by atoms with Gasteiger partial charge in [0.05, 0.1) is 18.1 Å². The minimum absolute atomic E-state index is 0.127. The Balaban J connectivity index is 2.31. The van der Waals surface area contributed by atoms with Crippen molar-refractivity contribution in [3.8, 4) is 0 Å². The Morgan fingerprint density at radius 1 is 1.35 bits per heavy atom. The maximum atomic E-state index is 12.2. The lowest BCUT2D eigenvalue weighted by molar-refractivity contribution is -0.387. The Kier molecular flexibility index (Phi) is 4.18. The molecule has 1 aromatic rings. The van der Waals surface area contributed by atoms with Gasteiger partial charge in [-0.1, -0.05) is 0 Å². The van der Waals surface area contributed by atoms with Crippen LogP contribution in [0.3, 0.4) is 0 Å². The highest BCUT2D eigenvalue weighted by Gasteiger charge is 2.28. The monoisotopic (exact) mass is 302 g/mol. The number of nitrogens with one attached hydrogen (secondary N) is 1. The summed E-state index contributed by atoms with van der Waals surface area (Å²) >= 11 is 0. The van der Waals surface area contributed by atoms with Crippen LogP contribution in [0.1, 0.15) is 0 Å². The number of benzene rings is 1. The van der Waals surface area contributed by atoms with Crippen LogP contribution in [0, 0.1) is 10.1 Å². The molecule has 1 saturated heterocycles. The van der Waals surface area contributed by atoms with E-state index in [1.807, 2.05) is 0 Å². The molecule has 1 heterocycles. The zero-order chi connectivity index (χ0) is 14.8. The lowest BCUT2D eigenvalue weighted by Gasteiger charge is -2.26. The standard InChI is InChI=1S/C10H14N4O5S/c11-8-1-2-10(9(7-8)14(15)16)20(17,18)12-13-3-5-19-6-4-13/h1-2,7,12H,3-6,11H2. The largest absolute Gasteiger partial charge is 0.399 e. The zero-order valence-electron chi connectivity index (χ0n) is 10.5. The van der Waals surface area contributed by atoms with Crippen LogP contribution < -0.4 is 10.6 Å². The first-order chi connectivity index (χ1) is 9.40. The molecule has 0 radical (unpaired) electrons. The van der Waals surface area contributed by atoms with Gasteiger partial charge in [-0.25, -0.2) is 13.4 Å². The highest BCUT2D eigenvalue weighted by molar-refractivity contribution is 7.89. The third-order valence-corrected chi connectivity index (χ3v) is 4.15. The van der Waals surface area contributed by atoms with Crippen LogP contribution in [-0.4, -0.2) is 44.7 Å². The second-order valence-electron chi connectivity index (χ2n) is 4.18. The molecule has 0 spiro atoms. The Bertz CT molecular complexity index is 612. The maximum absolute atomic E-state index is 12.2. The third-order valence-electron chi connectivity index (χ3n) is 2.73. The first-order valence-corrected chi connectivity index (χ1v) is 7.27. The van der Waals surface area contributed by atoms with E-state index in [2.05, 4.69) is 4.83 Å². The van der Waals surface area contributed by atoms with E-state index in [1.54, 1.807) is 0 Å². The number of hydrazine groups is 1. The fraction of sp³-hybridized carbons (Fsp3) is 0.400. The van der Waals surface area contributed by atoms with Gasteiger partial charge >= 0.3 is 0 Å². The number of nitro groups is 1. The van der Waals surface area contributed by atoms with Gasteiger partial charge in [-0.15, -0.1) is 4.83 Å². The minimum atomic E-state index is -4.03. The van der Waals surface area contributed by atoms with Crippen molar-refractivity contribution >= 4 is 21.4 Å². The van der Waals surface area contributed by atoms with E-state index in [-0.39, 0.29) is 5.69 Å². The molecule has 1 fully saturated rings. The van der Waals surface area contributed by atoms with Gasteiger partial charge in [0.2, 0.25) is 0 Å². The van der Waals surface area contributed by atoms with Gasteiger partial charge in [0.1, 0.15) is 0 Å². The molecule has 0 unspecified atom stereocenters. The predicted molar refractivity (Wildman–Crippen MR) is 70.2 cm³/mol. The van der Waals surface area contributed by atoms with E-state index >= 15 is 0 Å². The summed E-state index contributed by atoms with van der Waals surface area (Å²) in [7, 11) is -4.03. The van der Waals surface area contributed by atoms with Crippen molar-refractivity contribution in [2.24, 2.45) is 0 Å². The van der Waals surface area contributed by atoms with Crippen molar-refractivity contribution in [2.75, 3.05) is 32.0 Å². The molecule has 2 rings (SSSR count). The van der Waals surface area contributed by atoms with Crippen LogP contribution in [0.4, 0.5) is 11.4 Å². The maximum Gasteiger partial charge on any atom is 0.291 e. The summed E-state index contributed by atoms with van der Waals surface area (Å²) in [5, 5.41) is 12.4. The lowest BCUT2D eigenvalue weighted by atomic mass is 10.3. The van der Waals surface area contributed by atoms with Gasteiger partial charge in [0.15, 0.2) is 4.90 Å². The van der Waals surface area contributed by atoms with Crippen LogP contribution in [0.25, 0.3) is 0 Å². The molecule has 1 aliphatic rings. The molecule has 110 valence electrons. The number of hydrogen-bond donors (Lipinski definition) is 2. The molecular weight excluding hydrogens is 288 g/mol. The van der Waals surface area contributed by atoms with Crippen molar-refractivity contribution in [3.05, 3.63) is 28.3 Å². The molecule has 0 aliphatic carbocycles. The number of nitrogen functional groups attached to an aromatic ring is 1. The number of nitrogens with two attached hydrogens (primary N) is 1. The molecule has 9 nitrogen and oxygen atoms in total. The lowest BCUT2D eigenvalue weighted by Crippen LogP contribution is -2.48. The first kappa shape index (κ1) is 14.7. The summed E-state index contributed by atoms with van der Waals surface area (Å²) in [6.45, 7) is 1.54. The summed E-state index contributed by atoms with van der Waals surface area (Å²) in [4.78, 5) is 12.1. The molecular formula is C10H14N4O5S. The molecule has 3 N–H and O–H groups in total. The molecule has 1 aromatic carbocycles. The van der Waals surface area contributed by atoms with Crippen molar-refractivity contribution in [3.63, 3.8) is 0 Å². The Morgan fingerprint density at radius 3 is 2.60 bits per heavy atom. The van der Waals surface area contributed by atoms with Crippen LogP contribution in [0.15, 0.2) is 23.1 Å². The number of anilines is 1. The van der Waals surface area contributed by atoms with Crippen molar-refractivity contribution in [1.29, 1.82) is 0 Å². The average molecular weight is 302 g/mol. The van der Waals surface area contributed by atoms with E-state index in [0.29, 0.717) is 26.3 Å². The molecule has 0 amide bonds. The minimum Gasteiger partial charge on any atom is -0.399 e. The summed E-state index contributed by atoms with van der Waals surface area (Å²) in [5.41, 5.74) is 5.02. The number of ether oxygens (including phenoxy) is 1. The Labute approximate surface area is 115 Å². The number of hydrogen-bond acceptors (Lipinski definition) is 7. The van der Waals surface area contributed by atoms with Crippen LogP contribution >= 0.6 is 0 Å². The highest BCUT2D eigenvalue weighted by atomic mass is 32.2. The van der Waals surface area contributed by atoms with Gasteiger partial charge in [-0.3, -0.25) is 10.1 Å². The first-order valence-electron chi connectivity index (χ1n) is 5.79. The van der Waals surface area contributed by atoms with E-state index in [4.69, 9.17) is 10.5 Å². The third kappa shape index (κ3) is 3.22. The molecule has 0 saturated carbocycles. The second-order valence-corrected chi connectivity index (χ2v) is 5.81. The van der Waals surface area contributed by atoms with Crippen molar-refractivity contribution in [1.82, 2.24) is 9.84 Å². The molecule has 0 atom stereocenters. The smallest absolute Gasteiger partial charge is 0.291 e. The number of sulfonamides is 1. The van der Waals surface area contributed by atoms with E-state index in [1.165, 1.54) is 11.1 Å². The second kappa shape index (κ2) is 5.71. The van der Waals surface area contributed by atoms with Gasteiger partial charge in [-0.2, -0.15) is 0 Å². The van der Waals surface area contributed by atoms with Crippen LogP contribution in [0.5, 0.6) is 0 Å². The molecule has 10 heteroatoms. The van der Waals surface area contributed by atoms with Crippen molar-refractivity contribution < 1.29 is 18.1 Å². The normalized spacial score (nSPS) is 17.0. The average Bonchev–Trinajstić information content (AvgIpc) is 2.38. The SMILES string of the molecule is Nc1ccc(S(=O)(=O)NN2CCOCC2)c([N+](=O)[O-])c1. The topological polar surface area (TPSA) is 128 Å². The van der Waals surface area contributed by atoms with E-state index in [9.17, 15) is 18.5 Å².